The number of methoxy groups -OCH3 is 1. The molecule has 6 rings (SSSR count). The minimum atomic E-state index is -3.63. The number of piperidine rings is 1. The van der Waals surface area contributed by atoms with Gasteiger partial charge >= 0.3 is 0 Å². The third-order valence-corrected chi connectivity index (χ3v) is 9.65. The smallest absolute Gasteiger partial charge is 0.274 e. The Hall–Kier alpha value is -2.53. The molecule has 0 saturated carbocycles. The Bertz CT molecular complexity index is 1460. The zero-order valence-electron chi connectivity index (χ0n) is 21.1. The number of nitrogens with zero attached hydrogens (tertiary/aromatic N) is 4. The fourth-order valence-electron chi connectivity index (χ4n) is 6.54. The molecule has 2 atom stereocenters. The number of hydrogen-bond donors (Lipinski definition) is 1. The Morgan fingerprint density at radius 2 is 2.17 bits per heavy atom. The molecule has 1 aromatic carbocycles. The van der Waals surface area contributed by atoms with Crippen LogP contribution in [0.4, 0.5) is 0 Å². The number of fused-ring (bicyclic) bond motifs is 3. The Kier molecular flexibility index (Phi) is 5.82. The van der Waals surface area contributed by atoms with Crippen LogP contribution in [0.2, 0.25) is 0 Å². The van der Waals surface area contributed by atoms with Gasteiger partial charge in [-0.05, 0) is 75.4 Å². The van der Waals surface area contributed by atoms with Crippen molar-refractivity contribution in [2.24, 2.45) is 5.41 Å². The molecule has 192 valence electrons. The minimum absolute atomic E-state index is 0.0205. The Balaban J connectivity index is 1.54. The van der Waals surface area contributed by atoms with Gasteiger partial charge < -0.3 is 13.8 Å². The number of hydrogen-bond acceptors (Lipinski definition) is 7. The van der Waals surface area contributed by atoms with Crippen molar-refractivity contribution >= 4 is 26.6 Å². The maximum absolute atomic E-state index is 13.1. The van der Waals surface area contributed by atoms with Crippen molar-refractivity contribution in [2.75, 3.05) is 33.4 Å². The van der Waals surface area contributed by atoms with Gasteiger partial charge in [-0.3, -0.25) is 4.90 Å². The van der Waals surface area contributed by atoms with Crippen molar-refractivity contribution < 1.29 is 17.7 Å². The van der Waals surface area contributed by atoms with E-state index in [1.807, 2.05) is 19.1 Å². The van der Waals surface area contributed by atoms with Gasteiger partial charge in [-0.25, -0.2) is 13.1 Å². The molecule has 3 aromatic rings. The van der Waals surface area contributed by atoms with Crippen molar-refractivity contribution in [1.29, 1.82) is 0 Å². The van der Waals surface area contributed by atoms with E-state index in [4.69, 9.17) is 9.26 Å². The highest BCUT2D eigenvalue weighted by molar-refractivity contribution is 7.89. The highest BCUT2D eigenvalue weighted by Crippen LogP contribution is 2.57. The summed E-state index contributed by atoms with van der Waals surface area (Å²) >= 11 is 0. The number of benzene rings is 1. The fraction of sp³-hybridized carbons (Fsp3) is 0.538. The van der Waals surface area contributed by atoms with E-state index < -0.39 is 10.0 Å². The van der Waals surface area contributed by atoms with Gasteiger partial charge in [0.2, 0.25) is 10.0 Å². The van der Waals surface area contributed by atoms with Crippen molar-refractivity contribution in [3.05, 3.63) is 47.2 Å². The van der Waals surface area contributed by atoms with Gasteiger partial charge in [0.05, 0.1) is 16.5 Å². The van der Waals surface area contributed by atoms with Crippen LogP contribution in [0, 0.1) is 12.3 Å². The molecule has 0 amide bonds. The molecule has 0 spiro atoms. The monoisotopic (exact) mass is 511 g/mol. The summed E-state index contributed by atoms with van der Waals surface area (Å²) < 4.78 is 41.9. The fourth-order valence-corrected chi connectivity index (χ4v) is 7.64. The second-order valence-electron chi connectivity index (χ2n) is 10.2. The van der Waals surface area contributed by atoms with E-state index >= 15 is 0 Å². The lowest BCUT2D eigenvalue weighted by Crippen LogP contribution is -2.50. The van der Waals surface area contributed by atoms with Crippen LogP contribution in [0.3, 0.4) is 0 Å². The number of aryl methyl sites for hydroxylation is 1. The van der Waals surface area contributed by atoms with Crippen LogP contribution in [0.15, 0.2) is 33.7 Å². The Morgan fingerprint density at radius 3 is 2.92 bits per heavy atom. The predicted molar refractivity (Wildman–Crippen MR) is 136 cm³/mol. The van der Waals surface area contributed by atoms with Crippen LogP contribution in [0.1, 0.15) is 61.6 Å². The molecule has 0 bridgehead atoms. The number of aromatic nitrogens is 3. The second kappa shape index (κ2) is 8.79. The van der Waals surface area contributed by atoms with E-state index in [1.54, 1.807) is 13.2 Å². The van der Waals surface area contributed by atoms with Crippen molar-refractivity contribution in [3.63, 3.8) is 0 Å². The molecule has 1 N–H and O–H groups in total. The lowest BCUT2D eigenvalue weighted by Gasteiger charge is -2.53. The lowest BCUT2D eigenvalue weighted by molar-refractivity contribution is 0.0269. The van der Waals surface area contributed by atoms with Crippen LogP contribution in [0.5, 0.6) is 0 Å². The summed E-state index contributed by atoms with van der Waals surface area (Å²) in [6.45, 7) is 7.02. The summed E-state index contributed by atoms with van der Waals surface area (Å²) in [4.78, 5) is 7.51. The standard InChI is InChI=1S/C26H33N5O4S/c1-4-26-10-5-12-30-13-9-19-20-15-18(36(32,33)27-11-6-14-34-3)7-8-21(20)31(23(19)24(26)30)22(16-26)25-28-17(2)29-35-25/h7-8,15-16,24,27H,4-6,9-14H2,1-3H3/t24-,26+/m1/s1. The van der Waals surface area contributed by atoms with Gasteiger partial charge in [0.25, 0.3) is 5.89 Å². The number of sulfonamides is 1. The first-order valence-electron chi connectivity index (χ1n) is 12.8. The van der Waals surface area contributed by atoms with Gasteiger partial charge in [-0.1, -0.05) is 12.1 Å². The minimum Gasteiger partial charge on any atom is -0.385 e. The zero-order chi connectivity index (χ0) is 25.1. The molecule has 36 heavy (non-hydrogen) atoms. The maximum Gasteiger partial charge on any atom is 0.274 e. The molecular formula is C26H33N5O4S. The number of rotatable bonds is 8. The molecule has 5 heterocycles. The molecule has 10 heteroatoms. The van der Waals surface area contributed by atoms with Crippen LogP contribution in [0.25, 0.3) is 16.6 Å². The molecule has 2 aromatic heterocycles. The highest BCUT2D eigenvalue weighted by atomic mass is 32.2. The molecule has 9 nitrogen and oxygen atoms in total. The largest absolute Gasteiger partial charge is 0.385 e. The Labute approximate surface area is 211 Å². The van der Waals surface area contributed by atoms with Crippen molar-refractivity contribution in [3.8, 4) is 0 Å². The van der Waals surface area contributed by atoms with Crippen LogP contribution >= 0.6 is 0 Å². The lowest BCUT2D eigenvalue weighted by atomic mass is 9.66. The third kappa shape index (κ3) is 3.57. The molecule has 3 aliphatic heterocycles. The summed E-state index contributed by atoms with van der Waals surface area (Å²) in [5, 5.41) is 5.06. The molecule has 0 unspecified atom stereocenters. The van der Waals surface area contributed by atoms with Crippen molar-refractivity contribution in [1.82, 2.24) is 24.3 Å². The van der Waals surface area contributed by atoms with Gasteiger partial charge in [0, 0.05) is 43.3 Å². The quantitative estimate of drug-likeness (QED) is 0.461. The van der Waals surface area contributed by atoms with E-state index in [1.165, 1.54) is 11.3 Å². The average Bonchev–Trinajstić information content (AvgIpc) is 3.46. The second-order valence-corrected chi connectivity index (χ2v) is 11.9. The molecule has 3 aliphatic rings. The third-order valence-electron chi connectivity index (χ3n) is 8.19. The Morgan fingerprint density at radius 1 is 1.31 bits per heavy atom. The first-order chi connectivity index (χ1) is 17.4. The first-order valence-corrected chi connectivity index (χ1v) is 14.3. The van der Waals surface area contributed by atoms with Gasteiger partial charge in [0.15, 0.2) is 5.82 Å². The highest BCUT2D eigenvalue weighted by Gasteiger charge is 2.51. The summed E-state index contributed by atoms with van der Waals surface area (Å²) in [7, 11) is -2.02. The molecule has 0 radical (unpaired) electrons. The molecule has 1 saturated heterocycles. The molecular weight excluding hydrogens is 478 g/mol. The van der Waals surface area contributed by atoms with Gasteiger partial charge in [0.1, 0.15) is 5.70 Å². The number of ether oxygens (including phenoxy) is 1. The van der Waals surface area contributed by atoms with E-state index in [-0.39, 0.29) is 11.5 Å². The molecule has 0 aliphatic carbocycles. The van der Waals surface area contributed by atoms with E-state index in [0.29, 0.717) is 36.2 Å². The van der Waals surface area contributed by atoms with Gasteiger partial charge in [-0.15, -0.1) is 0 Å². The normalized spacial score (nSPS) is 23.6. The van der Waals surface area contributed by atoms with Crippen LogP contribution < -0.4 is 4.72 Å². The summed E-state index contributed by atoms with van der Waals surface area (Å²) in [5.74, 6) is 1.11. The summed E-state index contributed by atoms with van der Waals surface area (Å²) in [5.41, 5.74) is 4.38. The number of nitrogens with one attached hydrogen (secondary N) is 1. The van der Waals surface area contributed by atoms with E-state index in [2.05, 4.69) is 37.3 Å². The first kappa shape index (κ1) is 23.8. The topological polar surface area (TPSA) is 102 Å². The van der Waals surface area contributed by atoms with Crippen LogP contribution in [-0.4, -0.2) is 61.4 Å². The predicted octanol–water partition coefficient (Wildman–Crippen LogP) is 3.64. The zero-order valence-corrected chi connectivity index (χ0v) is 21.9. The van der Waals surface area contributed by atoms with Crippen LogP contribution in [-0.2, 0) is 21.2 Å². The van der Waals surface area contributed by atoms with Crippen molar-refractivity contribution in [2.45, 2.75) is 56.9 Å². The van der Waals surface area contributed by atoms with E-state index in [0.717, 1.165) is 55.4 Å². The SMILES string of the molecule is CC[C@@]12C=C(c3nc(C)no3)n3c4c(c5cc(S(=O)(=O)NCCCOC)ccc53)CCN(CCC1)[C@H]42. The van der Waals surface area contributed by atoms with E-state index in [9.17, 15) is 8.42 Å². The molecule has 1 fully saturated rings. The summed E-state index contributed by atoms with van der Waals surface area (Å²) in [6, 6.07) is 5.73. The van der Waals surface area contributed by atoms with Gasteiger partial charge in [-0.2, -0.15) is 4.98 Å². The maximum atomic E-state index is 13.1. The summed E-state index contributed by atoms with van der Waals surface area (Å²) in [6.07, 6.45) is 7.14. The average molecular weight is 512 g/mol.